The number of amides is 3. The first-order chi connectivity index (χ1) is 17.0. The molecule has 1 atom stereocenters. The summed E-state index contributed by atoms with van der Waals surface area (Å²) in [4.78, 5) is 36.9. The molecule has 36 heavy (non-hydrogen) atoms. The summed E-state index contributed by atoms with van der Waals surface area (Å²) in [6.07, 6.45) is 2.75. The van der Waals surface area contributed by atoms with Crippen molar-refractivity contribution >= 4 is 29.3 Å². The Morgan fingerprint density at radius 1 is 1.17 bits per heavy atom. The Bertz CT molecular complexity index is 1060. The number of hydrogen-bond acceptors (Lipinski definition) is 5. The normalized spacial score (nSPS) is 15.9. The van der Waals surface area contributed by atoms with Crippen molar-refractivity contribution < 1.29 is 23.5 Å². The van der Waals surface area contributed by atoms with Gasteiger partial charge < -0.3 is 26.0 Å². The number of fused-ring (bicyclic) bond motifs is 1. The number of nitrogens with zero attached hydrogens (tertiary/aromatic N) is 1. The SMILES string of the molecule is CC(C)(C)OC(=O)NC(Cc1ccc(F)cc1)C(N)=O.O=C1CCN(CC2CC2)c2ccccc2N1. The van der Waals surface area contributed by atoms with Gasteiger partial charge in [0.15, 0.2) is 0 Å². The highest BCUT2D eigenvalue weighted by Crippen LogP contribution is 2.35. The number of para-hydroxylation sites is 2. The second kappa shape index (κ2) is 11.9. The van der Waals surface area contributed by atoms with E-state index in [1.165, 1.54) is 42.8 Å². The van der Waals surface area contributed by atoms with Crippen LogP contribution in [0.2, 0.25) is 0 Å². The molecule has 0 radical (unpaired) electrons. The van der Waals surface area contributed by atoms with E-state index in [0.717, 1.165) is 24.7 Å². The fourth-order valence-corrected chi connectivity index (χ4v) is 3.76. The lowest BCUT2D eigenvalue weighted by Gasteiger charge is -2.23. The third-order valence-corrected chi connectivity index (χ3v) is 5.69. The van der Waals surface area contributed by atoms with E-state index in [1.54, 1.807) is 20.8 Å². The third kappa shape index (κ3) is 8.87. The van der Waals surface area contributed by atoms with E-state index >= 15 is 0 Å². The number of halogens is 1. The van der Waals surface area contributed by atoms with Gasteiger partial charge in [-0.25, -0.2) is 9.18 Å². The van der Waals surface area contributed by atoms with Crippen molar-refractivity contribution in [1.82, 2.24) is 5.32 Å². The second-order valence-electron chi connectivity index (χ2n) is 10.1. The average molecular weight is 499 g/mol. The Kier molecular flexibility index (Phi) is 8.90. The van der Waals surface area contributed by atoms with Crippen molar-refractivity contribution in [3.8, 4) is 0 Å². The van der Waals surface area contributed by atoms with Gasteiger partial charge in [0, 0.05) is 25.9 Å². The molecule has 1 unspecified atom stereocenters. The van der Waals surface area contributed by atoms with Gasteiger partial charge in [-0.05, 0) is 69.4 Å². The molecule has 1 saturated carbocycles. The lowest BCUT2D eigenvalue weighted by molar-refractivity contribution is -0.120. The number of carbonyl (C=O) groups is 3. The summed E-state index contributed by atoms with van der Waals surface area (Å²) in [5.41, 5.74) is 7.41. The van der Waals surface area contributed by atoms with Crippen molar-refractivity contribution in [3.05, 3.63) is 59.9 Å². The van der Waals surface area contributed by atoms with Gasteiger partial charge >= 0.3 is 6.09 Å². The van der Waals surface area contributed by atoms with E-state index in [4.69, 9.17) is 10.5 Å². The standard InChI is InChI=1S/C14H19FN2O3.C13H16N2O/c1-14(2,3)20-13(19)17-11(12(16)18)8-9-4-6-10(15)7-5-9;16-13-7-8-15(9-10-5-6-10)12-4-2-1-3-11(12)14-13/h4-7,11H,8H2,1-3H3,(H2,16,18)(H,17,19);1-4,10H,5-9H2,(H,14,16). The summed E-state index contributed by atoms with van der Waals surface area (Å²) in [6.45, 7) is 7.09. The van der Waals surface area contributed by atoms with E-state index in [-0.39, 0.29) is 18.1 Å². The number of anilines is 2. The molecule has 1 fully saturated rings. The number of nitrogens with one attached hydrogen (secondary N) is 2. The molecule has 9 heteroatoms. The van der Waals surface area contributed by atoms with Gasteiger partial charge in [0.1, 0.15) is 17.5 Å². The van der Waals surface area contributed by atoms with Crippen molar-refractivity contribution in [2.24, 2.45) is 11.7 Å². The molecule has 0 bridgehead atoms. The number of nitrogens with two attached hydrogens (primary N) is 1. The van der Waals surface area contributed by atoms with Crippen LogP contribution < -0.4 is 21.3 Å². The van der Waals surface area contributed by atoms with Crippen molar-refractivity contribution in [1.29, 1.82) is 0 Å². The number of hydrogen-bond donors (Lipinski definition) is 3. The van der Waals surface area contributed by atoms with Gasteiger partial charge in [-0.15, -0.1) is 0 Å². The summed E-state index contributed by atoms with van der Waals surface area (Å²) in [5, 5.41) is 5.37. The van der Waals surface area contributed by atoms with Gasteiger partial charge in [-0.1, -0.05) is 24.3 Å². The van der Waals surface area contributed by atoms with Gasteiger partial charge in [-0.2, -0.15) is 0 Å². The fraction of sp³-hybridized carbons (Fsp3) is 0.444. The first-order valence-corrected chi connectivity index (χ1v) is 12.2. The Balaban J connectivity index is 0.000000204. The predicted octanol–water partition coefficient (Wildman–Crippen LogP) is 3.99. The minimum absolute atomic E-state index is 0.130. The van der Waals surface area contributed by atoms with Crippen LogP contribution in [0.4, 0.5) is 20.6 Å². The topological polar surface area (TPSA) is 114 Å². The van der Waals surface area contributed by atoms with Gasteiger partial charge in [0.2, 0.25) is 11.8 Å². The molecule has 2 aliphatic rings. The van der Waals surface area contributed by atoms with E-state index in [0.29, 0.717) is 12.0 Å². The molecule has 4 N–H and O–H groups in total. The summed E-state index contributed by atoms with van der Waals surface area (Å²) in [7, 11) is 0. The highest BCUT2D eigenvalue weighted by molar-refractivity contribution is 5.96. The molecule has 194 valence electrons. The molecule has 1 aliphatic heterocycles. The molecule has 0 aromatic heterocycles. The Morgan fingerprint density at radius 2 is 1.83 bits per heavy atom. The Labute approximate surface area is 211 Å². The van der Waals surface area contributed by atoms with Crippen LogP contribution in [0.3, 0.4) is 0 Å². The molecule has 8 nitrogen and oxygen atoms in total. The molecular formula is C27H35FN4O4. The molecule has 1 aliphatic carbocycles. The molecule has 3 amide bonds. The van der Waals surface area contributed by atoms with Crippen LogP contribution in [0.1, 0.15) is 45.6 Å². The van der Waals surface area contributed by atoms with E-state index in [1.807, 2.05) is 18.2 Å². The zero-order valence-electron chi connectivity index (χ0n) is 21.1. The Morgan fingerprint density at radius 3 is 2.44 bits per heavy atom. The first-order valence-electron chi connectivity index (χ1n) is 12.2. The van der Waals surface area contributed by atoms with Crippen LogP contribution in [0.15, 0.2) is 48.5 Å². The molecule has 0 saturated heterocycles. The molecule has 2 aromatic rings. The molecule has 1 heterocycles. The molecule has 2 aromatic carbocycles. The minimum Gasteiger partial charge on any atom is -0.444 e. The lowest BCUT2D eigenvalue weighted by atomic mass is 10.1. The molecule has 4 rings (SSSR count). The highest BCUT2D eigenvalue weighted by atomic mass is 19.1. The van der Waals surface area contributed by atoms with Gasteiger partial charge in [0.05, 0.1) is 11.4 Å². The highest BCUT2D eigenvalue weighted by Gasteiger charge is 2.27. The zero-order valence-corrected chi connectivity index (χ0v) is 21.1. The summed E-state index contributed by atoms with van der Waals surface area (Å²) in [6, 6.07) is 12.8. The first kappa shape index (κ1) is 27.0. The Hall–Kier alpha value is -3.62. The number of ether oxygens (including phenoxy) is 1. The van der Waals surface area contributed by atoms with Crippen molar-refractivity contribution in [2.45, 2.75) is 58.1 Å². The van der Waals surface area contributed by atoms with Crippen LogP contribution >= 0.6 is 0 Å². The van der Waals surface area contributed by atoms with Crippen LogP contribution in [0.25, 0.3) is 0 Å². The van der Waals surface area contributed by atoms with Crippen LogP contribution in [-0.4, -0.2) is 42.6 Å². The monoisotopic (exact) mass is 498 g/mol. The maximum Gasteiger partial charge on any atom is 0.408 e. The number of primary amides is 1. The summed E-state index contributed by atoms with van der Waals surface area (Å²) < 4.78 is 17.9. The van der Waals surface area contributed by atoms with Crippen LogP contribution in [-0.2, 0) is 20.7 Å². The smallest absolute Gasteiger partial charge is 0.408 e. The van der Waals surface area contributed by atoms with E-state index in [2.05, 4.69) is 21.6 Å². The number of alkyl carbamates (subject to hydrolysis) is 1. The van der Waals surface area contributed by atoms with Crippen molar-refractivity contribution in [2.75, 3.05) is 23.3 Å². The average Bonchev–Trinajstić information content (AvgIpc) is 3.62. The number of rotatable bonds is 6. The lowest BCUT2D eigenvalue weighted by Crippen LogP contribution is -2.47. The second-order valence-corrected chi connectivity index (χ2v) is 10.1. The van der Waals surface area contributed by atoms with Crippen LogP contribution in [0.5, 0.6) is 0 Å². The van der Waals surface area contributed by atoms with E-state index < -0.39 is 23.6 Å². The number of carbonyl (C=O) groups excluding carboxylic acids is 3. The van der Waals surface area contributed by atoms with E-state index in [9.17, 15) is 18.8 Å². The van der Waals surface area contributed by atoms with Gasteiger partial charge in [0.25, 0.3) is 0 Å². The fourth-order valence-electron chi connectivity index (χ4n) is 3.76. The quantitative estimate of drug-likeness (QED) is 0.557. The molecule has 0 spiro atoms. The third-order valence-electron chi connectivity index (χ3n) is 5.69. The van der Waals surface area contributed by atoms with Gasteiger partial charge in [-0.3, -0.25) is 9.59 Å². The zero-order chi connectivity index (χ0) is 26.3. The summed E-state index contributed by atoms with van der Waals surface area (Å²) >= 11 is 0. The minimum atomic E-state index is -0.907. The molecular weight excluding hydrogens is 463 g/mol. The largest absolute Gasteiger partial charge is 0.444 e. The number of benzene rings is 2. The van der Waals surface area contributed by atoms with Crippen molar-refractivity contribution in [3.63, 3.8) is 0 Å². The van der Waals surface area contributed by atoms with Crippen LogP contribution in [0, 0.1) is 11.7 Å². The predicted molar refractivity (Wildman–Crippen MR) is 137 cm³/mol. The maximum atomic E-state index is 12.8. The summed E-state index contributed by atoms with van der Waals surface area (Å²) in [5.74, 6) is -0.0725. The maximum absolute atomic E-state index is 12.8.